The van der Waals surface area contributed by atoms with Crippen molar-refractivity contribution in [2.45, 2.75) is 43.9 Å². The third kappa shape index (κ3) is 4.03. The normalized spacial score (nSPS) is 19.5. The lowest BCUT2D eigenvalue weighted by atomic mass is 9.77. The van der Waals surface area contributed by atoms with Crippen molar-refractivity contribution in [3.63, 3.8) is 0 Å². The number of para-hydroxylation sites is 1. The Kier molecular flexibility index (Phi) is 5.64. The second-order valence-corrected chi connectivity index (χ2v) is 9.62. The zero-order valence-corrected chi connectivity index (χ0v) is 19.4. The quantitative estimate of drug-likeness (QED) is 0.551. The highest BCUT2D eigenvalue weighted by atomic mass is 19.4. The van der Waals surface area contributed by atoms with Crippen LogP contribution >= 0.6 is 0 Å². The fraction of sp³-hybridized carbons (Fsp3) is 0.417. The number of likely N-dealkylation sites (tertiary alicyclic amines) is 2. The number of anilines is 1. The van der Waals surface area contributed by atoms with Gasteiger partial charge in [-0.05, 0) is 25.0 Å². The summed E-state index contributed by atoms with van der Waals surface area (Å²) in [6, 6.07) is 6.56. The highest BCUT2D eigenvalue weighted by Crippen LogP contribution is 2.39. The topological polar surface area (TPSA) is 97.4 Å². The van der Waals surface area contributed by atoms with Gasteiger partial charge in [0.25, 0.3) is 5.91 Å². The minimum Gasteiger partial charge on any atom is -0.384 e. The number of alkyl halides is 3. The van der Waals surface area contributed by atoms with Crippen LogP contribution in [0.1, 0.15) is 35.8 Å². The van der Waals surface area contributed by atoms with Crippen molar-refractivity contribution in [2.75, 3.05) is 25.4 Å². The van der Waals surface area contributed by atoms with Gasteiger partial charge in [0, 0.05) is 30.4 Å². The van der Waals surface area contributed by atoms with Crippen LogP contribution in [0.3, 0.4) is 0 Å². The summed E-state index contributed by atoms with van der Waals surface area (Å²) in [5.41, 5.74) is 6.07. The summed E-state index contributed by atoms with van der Waals surface area (Å²) in [6.45, 7) is 2.11. The molecule has 36 heavy (non-hydrogen) atoms. The monoisotopic (exact) mass is 504 g/mol. The molecule has 0 saturated carbocycles. The second kappa shape index (κ2) is 8.45. The predicted octanol–water partition coefficient (Wildman–Crippen LogP) is 3.12. The molecular formula is C24H24F4N6O2. The molecular weight excluding hydrogens is 480 g/mol. The predicted molar refractivity (Wildman–Crippen MR) is 122 cm³/mol. The van der Waals surface area contributed by atoms with E-state index in [2.05, 4.69) is 10.1 Å². The summed E-state index contributed by atoms with van der Waals surface area (Å²) in [7, 11) is 0. The first-order valence-corrected chi connectivity index (χ1v) is 11.5. The molecule has 0 bridgehead atoms. The number of halogens is 4. The minimum atomic E-state index is -4.47. The van der Waals surface area contributed by atoms with Crippen LogP contribution in [0.5, 0.6) is 0 Å². The van der Waals surface area contributed by atoms with Crippen molar-refractivity contribution in [1.82, 2.24) is 24.6 Å². The van der Waals surface area contributed by atoms with Crippen molar-refractivity contribution in [3.05, 3.63) is 53.6 Å². The van der Waals surface area contributed by atoms with Crippen molar-refractivity contribution in [3.8, 4) is 0 Å². The highest BCUT2D eigenvalue weighted by Gasteiger charge is 2.48. The molecule has 12 heteroatoms. The summed E-state index contributed by atoms with van der Waals surface area (Å²) in [6.07, 6.45) is -3.38. The number of pyridine rings is 1. The van der Waals surface area contributed by atoms with Gasteiger partial charge in [-0.2, -0.15) is 18.3 Å². The summed E-state index contributed by atoms with van der Waals surface area (Å²) in [5.74, 6) is -1.90. The largest absolute Gasteiger partial charge is 0.408 e. The van der Waals surface area contributed by atoms with Gasteiger partial charge in [0.15, 0.2) is 5.82 Å². The van der Waals surface area contributed by atoms with Crippen LogP contribution in [-0.4, -0.2) is 68.2 Å². The first-order valence-electron chi connectivity index (χ1n) is 11.5. The maximum absolute atomic E-state index is 14.1. The Balaban J connectivity index is 1.39. The van der Waals surface area contributed by atoms with Crippen molar-refractivity contribution in [1.29, 1.82) is 0 Å². The summed E-state index contributed by atoms with van der Waals surface area (Å²) < 4.78 is 55.7. The molecule has 8 nitrogen and oxygen atoms in total. The molecule has 2 amide bonds. The van der Waals surface area contributed by atoms with Crippen molar-refractivity contribution in [2.24, 2.45) is 0 Å². The Morgan fingerprint density at radius 2 is 1.94 bits per heavy atom. The van der Waals surface area contributed by atoms with Gasteiger partial charge >= 0.3 is 6.18 Å². The van der Waals surface area contributed by atoms with Gasteiger partial charge in [-0.3, -0.25) is 14.3 Å². The third-order valence-corrected chi connectivity index (χ3v) is 6.94. The molecule has 0 unspecified atom stereocenters. The van der Waals surface area contributed by atoms with E-state index >= 15 is 0 Å². The summed E-state index contributed by atoms with van der Waals surface area (Å²) in [4.78, 5) is 31.7. The first-order chi connectivity index (χ1) is 17.0. The fourth-order valence-electron chi connectivity index (χ4n) is 5.20. The SMILES string of the molecule is CC1(c2nn(CC(=O)N3CCC[C@H]3C(F)(F)F)c3ccccc23)CN(C(=O)c2cc(N)ncc2F)C1. The Bertz CT molecular complexity index is 1350. The van der Waals surface area contributed by atoms with E-state index in [4.69, 9.17) is 5.73 Å². The molecule has 4 heterocycles. The molecule has 0 aliphatic carbocycles. The van der Waals surface area contributed by atoms with Gasteiger partial charge < -0.3 is 15.5 Å². The van der Waals surface area contributed by atoms with E-state index in [1.807, 2.05) is 13.0 Å². The summed E-state index contributed by atoms with van der Waals surface area (Å²) >= 11 is 0. The van der Waals surface area contributed by atoms with Crippen LogP contribution in [-0.2, 0) is 16.8 Å². The zero-order valence-electron chi connectivity index (χ0n) is 19.4. The molecule has 1 aromatic carbocycles. The molecule has 3 aromatic rings. The molecule has 190 valence electrons. The third-order valence-electron chi connectivity index (χ3n) is 6.94. The number of amides is 2. The number of benzene rings is 1. The maximum Gasteiger partial charge on any atom is 0.408 e. The number of aromatic nitrogens is 3. The van der Waals surface area contributed by atoms with Crippen molar-refractivity contribution >= 4 is 28.5 Å². The molecule has 2 aliphatic rings. The zero-order chi connectivity index (χ0) is 25.8. The lowest BCUT2D eigenvalue weighted by molar-refractivity contribution is -0.183. The van der Waals surface area contributed by atoms with Crippen molar-refractivity contribution < 1.29 is 27.2 Å². The average molecular weight is 504 g/mol. The van der Waals surface area contributed by atoms with Gasteiger partial charge in [0.2, 0.25) is 5.91 Å². The van der Waals surface area contributed by atoms with E-state index in [0.717, 1.165) is 16.5 Å². The maximum atomic E-state index is 14.1. The lowest BCUT2D eigenvalue weighted by Crippen LogP contribution is -2.60. The summed E-state index contributed by atoms with van der Waals surface area (Å²) in [5, 5.41) is 5.37. The van der Waals surface area contributed by atoms with E-state index in [0.29, 0.717) is 17.6 Å². The van der Waals surface area contributed by atoms with E-state index in [1.165, 1.54) is 15.6 Å². The number of nitrogens with zero attached hydrogens (tertiary/aromatic N) is 5. The van der Waals surface area contributed by atoms with Crippen LogP contribution in [0.15, 0.2) is 36.5 Å². The lowest BCUT2D eigenvalue weighted by Gasteiger charge is -2.47. The molecule has 2 fully saturated rings. The van der Waals surface area contributed by atoms with Crippen LogP contribution < -0.4 is 5.73 Å². The van der Waals surface area contributed by atoms with Gasteiger partial charge in [0.05, 0.1) is 23.0 Å². The molecule has 2 aromatic heterocycles. The Labute approximate surface area is 203 Å². The number of nitrogens with two attached hydrogens (primary N) is 1. The van der Waals surface area contributed by atoms with Gasteiger partial charge in [-0.15, -0.1) is 0 Å². The molecule has 0 spiro atoms. The molecule has 2 N–H and O–H groups in total. The second-order valence-electron chi connectivity index (χ2n) is 9.62. The Hall–Kier alpha value is -3.70. The van der Waals surface area contributed by atoms with Crippen LogP contribution in [0.4, 0.5) is 23.4 Å². The number of nitrogen functional groups attached to an aromatic ring is 1. The number of carbonyl (C=O) groups excluding carboxylic acids is 2. The molecule has 1 atom stereocenters. The molecule has 2 aliphatic heterocycles. The standard InChI is InChI=1S/C24H24F4N6O2/c1-23(12-32(13-23)22(36)15-9-19(29)30-10-16(15)25)21-14-5-2-3-6-17(14)34(31-21)11-20(35)33-8-4-7-18(33)24(26,27)28/h2-3,5-6,9-10,18H,4,7-8,11-13H2,1H3,(H2,29,30)/t18-/m0/s1. The Morgan fingerprint density at radius 1 is 1.22 bits per heavy atom. The van der Waals surface area contributed by atoms with Crippen LogP contribution in [0.2, 0.25) is 0 Å². The number of fused-ring (bicyclic) bond motifs is 1. The van der Waals surface area contributed by atoms with Crippen LogP contribution in [0, 0.1) is 5.82 Å². The number of hydrogen-bond acceptors (Lipinski definition) is 5. The number of carbonyl (C=O) groups is 2. The number of hydrogen-bond donors (Lipinski definition) is 1. The highest BCUT2D eigenvalue weighted by molar-refractivity contribution is 5.96. The van der Waals surface area contributed by atoms with Crippen LogP contribution in [0.25, 0.3) is 10.9 Å². The van der Waals surface area contributed by atoms with E-state index < -0.39 is 35.3 Å². The first kappa shape index (κ1) is 24.0. The van der Waals surface area contributed by atoms with E-state index in [1.54, 1.807) is 18.2 Å². The van der Waals surface area contributed by atoms with E-state index in [9.17, 15) is 27.2 Å². The fourth-order valence-corrected chi connectivity index (χ4v) is 5.20. The smallest absolute Gasteiger partial charge is 0.384 e. The van der Waals surface area contributed by atoms with Gasteiger partial charge in [0.1, 0.15) is 18.4 Å². The Morgan fingerprint density at radius 3 is 2.67 bits per heavy atom. The van der Waals surface area contributed by atoms with Gasteiger partial charge in [-0.25, -0.2) is 9.37 Å². The molecule has 5 rings (SSSR count). The van der Waals surface area contributed by atoms with Gasteiger partial charge in [-0.1, -0.05) is 25.1 Å². The molecule has 0 radical (unpaired) electrons. The average Bonchev–Trinajstić information content (AvgIpc) is 3.44. The minimum absolute atomic E-state index is 0.0307. The molecule has 2 saturated heterocycles. The van der Waals surface area contributed by atoms with E-state index in [-0.39, 0.29) is 44.0 Å². The number of rotatable bonds is 4.